The molecule has 2 aromatic rings. The maximum Gasteiger partial charge on any atom is 0.0716 e. The van der Waals surface area contributed by atoms with Crippen LogP contribution >= 0.6 is 31.9 Å². The van der Waals surface area contributed by atoms with E-state index in [1.165, 1.54) is 0 Å². The van der Waals surface area contributed by atoms with Crippen LogP contribution < -0.4 is 5.73 Å². The lowest BCUT2D eigenvalue weighted by Gasteiger charge is -2.11. The molecule has 2 rings (SSSR count). The van der Waals surface area contributed by atoms with Crippen LogP contribution in [0.4, 0.5) is 0 Å². The summed E-state index contributed by atoms with van der Waals surface area (Å²) in [6.45, 7) is 2.93. The van der Waals surface area contributed by atoms with Gasteiger partial charge in [-0.05, 0) is 56.8 Å². The summed E-state index contributed by atoms with van der Waals surface area (Å²) in [6, 6.07) is 1.82. The van der Waals surface area contributed by atoms with Crippen LogP contribution in [-0.2, 0) is 13.0 Å². The van der Waals surface area contributed by atoms with Gasteiger partial charge in [-0.15, -0.1) is 0 Å². The Morgan fingerprint density at radius 2 is 2.17 bits per heavy atom. The molecule has 0 radical (unpaired) electrons. The van der Waals surface area contributed by atoms with Crippen LogP contribution in [0.25, 0.3) is 0 Å². The van der Waals surface area contributed by atoms with Gasteiger partial charge in [0.05, 0.1) is 17.9 Å². The minimum absolute atomic E-state index is 0.137. The second-order valence-electron chi connectivity index (χ2n) is 4.04. The number of nitrogens with zero attached hydrogens (tertiary/aromatic N) is 3. The summed E-state index contributed by atoms with van der Waals surface area (Å²) < 4.78 is 3.75. The van der Waals surface area contributed by atoms with Crippen molar-refractivity contribution >= 4 is 31.9 Å². The van der Waals surface area contributed by atoms with Gasteiger partial charge >= 0.3 is 0 Å². The third kappa shape index (κ3) is 3.18. The zero-order chi connectivity index (χ0) is 13.1. The monoisotopic (exact) mass is 372 g/mol. The molecule has 1 atom stereocenters. The molecule has 1 unspecified atom stereocenters. The highest BCUT2D eigenvalue weighted by molar-refractivity contribution is 9.11. The lowest BCUT2D eigenvalue weighted by molar-refractivity contribution is 0.655. The molecule has 0 fully saturated rings. The first kappa shape index (κ1) is 13.7. The highest BCUT2D eigenvalue weighted by Gasteiger charge is 2.13. The Kier molecular flexibility index (Phi) is 4.53. The Labute approximate surface area is 123 Å². The van der Waals surface area contributed by atoms with Crippen LogP contribution in [-0.4, -0.2) is 14.8 Å². The molecule has 96 valence electrons. The van der Waals surface area contributed by atoms with E-state index in [2.05, 4.69) is 48.9 Å². The predicted octanol–water partition coefficient (Wildman–Crippen LogP) is 3.07. The van der Waals surface area contributed by atoms with Crippen molar-refractivity contribution in [3.8, 4) is 0 Å². The zero-order valence-corrected chi connectivity index (χ0v) is 13.1. The van der Waals surface area contributed by atoms with E-state index in [0.717, 1.165) is 33.2 Å². The lowest BCUT2D eigenvalue weighted by atomic mass is 10.1. The van der Waals surface area contributed by atoms with Crippen LogP contribution in [0, 0.1) is 0 Å². The molecule has 18 heavy (non-hydrogen) atoms. The Balaban J connectivity index is 2.13. The molecule has 0 aliphatic rings. The number of pyridine rings is 1. The summed E-state index contributed by atoms with van der Waals surface area (Å²) in [5, 5.41) is 4.24. The SMILES string of the molecule is CCn1cc(CC(N)c2ncc(Br)cc2Br)cn1. The van der Waals surface area contributed by atoms with E-state index in [9.17, 15) is 0 Å². The molecule has 0 aliphatic heterocycles. The second-order valence-corrected chi connectivity index (χ2v) is 5.81. The summed E-state index contributed by atoms with van der Waals surface area (Å²) in [4.78, 5) is 4.35. The fourth-order valence-corrected chi connectivity index (χ4v) is 3.01. The molecule has 0 amide bonds. The molecular weight excluding hydrogens is 360 g/mol. The van der Waals surface area contributed by atoms with Crippen molar-refractivity contribution in [2.75, 3.05) is 0 Å². The number of rotatable bonds is 4. The zero-order valence-electron chi connectivity index (χ0n) is 9.98. The van der Waals surface area contributed by atoms with Crippen molar-refractivity contribution in [1.82, 2.24) is 14.8 Å². The average molecular weight is 374 g/mol. The van der Waals surface area contributed by atoms with Crippen LogP contribution in [0.2, 0.25) is 0 Å². The molecule has 0 aliphatic carbocycles. The summed E-state index contributed by atoms with van der Waals surface area (Å²) in [6.07, 6.45) is 6.37. The number of hydrogen-bond acceptors (Lipinski definition) is 3. The van der Waals surface area contributed by atoms with E-state index >= 15 is 0 Å². The molecule has 6 heteroatoms. The number of aryl methyl sites for hydroxylation is 1. The quantitative estimate of drug-likeness (QED) is 0.895. The third-order valence-corrected chi connectivity index (χ3v) is 3.72. The summed E-state index contributed by atoms with van der Waals surface area (Å²) in [5.41, 5.74) is 8.17. The van der Waals surface area contributed by atoms with Gasteiger partial charge in [0, 0.05) is 27.9 Å². The van der Waals surface area contributed by atoms with Gasteiger partial charge in [0.15, 0.2) is 0 Å². The van der Waals surface area contributed by atoms with E-state index < -0.39 is 0 Å². The molecular formula is C12H14Br2N4. The predicted molar refractivity (Wildman–Crippen MR) is 78.2 cm³/mol. The van der Waals surface area contributed by atoms with Gasteiger partial charge in [-0.3, -0.25) is 9.67 Å². The fraction of sp³-hybridized carbons (Fsp3) is 0.333. The number of nitrogens with two attached hydrogens (primary N) is 1. The van der Waals surface area contributed by atoms with Gasteiger partial charge in [0.2, 0.25) is 0 Å². The van der Waals surface area contributed by atoms with Crippen LogP contribution in [0.5, 0.6) is 0 Å². The first-order chi connectivity index (χ1) is 8.60. The van der Waals surface area contributed by atoms with Crippen molar-refractivity contribution in [3.63, 3.8) is 0 Å². The lowest BCUT2D eigenvalue weighted by Crippen LogP contribution is -2.15. The Hall–Kier alpha value is -0.720. The van der Waals surface area contributed by atoms with Crippen LogP contribution in [0.15, 0.2) is 33.6 Å². The van der Waals surface area contributed by atoms with E-state index in [0.29, 0.717) is 0 Å². The van der Waals surface area contributed by atoms with Gasteiger partial charge in [-0.1, -0.05) is 0 Å². The number of hydrogen-bond donors (Lipinski definition) is 1. The number of halogens is 2. The normalized spacial score (nSPS) is 12.7. The van der Waals surface area contributed by atoms with Gasteiger partial charge < -0.3 is 5.73 Å². The molecule has 0 bridgehead atoms. The minimum atomic E-state index is -0.137. The Morgan fingerprint density at radius 1 is 1.39 bits per heavy atom. The standard InChI is InChI=1S/C12H14Br2N4/c1-2-18-7-8(5-17-18)3-11(15)12-10(14)4-9(13)6-16-12/h4-7,11H,2-3,15H2,1H3. The summed E-state index contributed by atoms with van der Waals surface area (Å²) in [5.74, 6) is 0. The topological polar surface area (TPSA) is 56.7 Å². The first-order valence-corrected chi connectivity index (χ1v) is 7.26. The molecule has 0 spiro atoms. The average Bonchev–Trinajstić information content (AvgIpc) is 2.76. The molecule has 2 N–H and O–H groups in total. The third-order valence-electron chi connectivity index (χ3n) is 2.65. The Morgan fingerprint density at radius 3 is 2.78 bits per heavy atom. The van der Waals surface area contributed by atoms with Crippen molar-refractivity contribution in [2.24, 2.45) is 5.73 Å². The highest BCUT2D eigenvalue weighted by atomic mass is 79.9. The fourth-order valence-electron chi connectivity index (χ4n) is 1.73. The minimum Gasteiger partial charge on any atom is -0.322 e. The largest absolute Gasteiger partial charge is 0.322 e. The first-order valence-electron chi connectivity index (χ1n) is 5.68. The molecule has 0 saturated carbocycles. The van der Waals surface area contributed by atoms with E-state index in [1.807, 2.05) is 23.1 Å². The second kappa shape index (κ2) is 5.95. The highest BCUT2D eigenvalue weighted by Crippen LogP contribution is 2.25. The van der Waals surface area contributed by atoms with Gasteiger partial charge in [-0.25, -0.2) is 0 Å². The van der Waals surface area contributed by atoms with E-state index in [4.69, 9.17) is 5.73 Å². The Bertz CT molecular complexity index is 539. The van der Waals surface area contributed by atoms with Crippen molar-refractivity contribution < 1.29 is 0 Å². The van der Waals surface area contributed by atoms with Crippen LogP contribution in [0.1, 0.15) is 24.2 Å². The smallest absolute Gasteiger partial charge is 0.0716 e. The van der Waals surface area contributed by atoms with Crippen molar-refractivity contribution in [2.45, 2.75) is 25.9 Å². The maximum atomic E-state index is 6.18. The van der Waals surface area contributed by atoms with Crippen molar-refractivity contribution in [1.29, 1.82) is 0 Å². The van der Waals surface area contributed by atoms with Gasteiger partial charge in [-0.2, -0.15) is 5.10 Å². The van der Waals surface area contributed by atoms with E-state index in [-0.39, 0.29) is 6.04 Å². The molecule has 4 nitrogen and oxygen atoms in total. The number of aromatic nitrogens is 3. The molecule has 0 aromatic carbocycles. The van der Waals surface area contributed by atoms with E-state index in [1.54, 1.807) is 6.20 Å². The summed E-state index contributed by atoms with van der Waals surface area (Å²) >= 11 is 6.86. The van der Waals surface area contributed by atoms with Gasteiger partial charge in [0.25, 0.3) is 0 Å². The molecule has 2 aromatic heterocycles. The summed E-state index contributed by atoms with van der Waals surface area (Å²) in [7, 11) is 0. The van der Waals surface area contributed by atoms with Crippen molar-refractivity contribution in [3.05, 3.63) is 44.9 Å². The van der Waals surface area contributed by atoms with Crippen LogP contribution in [0.3, 0.4) is 0 Å². The van der Waals surface area contributed by atoms with Gasteiger partial charge in [0.1, 0.15) is 0 Å². The maximum absolute atomic E-state index is 6.18. The molecule has 2 heterocycles. The molecule has 0 saturated heterocycles.